The molecule has 0 fully saturated rings. The summed E-state index contributed by atoms with van der Waals surface area (Å²) in [6.45, 7) is 0. The first-order valence-corrected chi connectivity index (χ1v) is 10.3. The van der Waals surface area contributed by atoms with Gasteiger partial charge in [0.2, 0.25) is 9.84 Å². The molecule has 138 valence electrons. The predicted molar refractivity (Wildman–Crippen MR) is 112 cm³/mol. The lowest BCUT2D eigenvalue weighted by molar-refractivity contribution is 0.604. The predicted octanol–water partition coefficient (Wildman–Crippen LogP) is 5.79. The van der Waals surface area contributed by atoms with Crippen LogP contribution in [-0.4, -0.2) is 8.42 Å². The van der Waals surface area contributed by atoms with Crippen molar-refractivity contribution < 1.29 is 8.42 Å². The topological polar surface area (TPSA) is 58.2 Å². The lowest BCUT2D eigenvalue weighted by atomic mass is 10.3. The van der Waals surface area contributed by atoms with Crippen LogP contribution in [-0.2, 0) is 9.84 Å². The molecule has 0 heterocycles. The van der Waals surface area contributed by atoms with Crippen molar-refractivity contribution in [3.05, 3.63) is 100 Å². The molecule has 0 spiro atoms. The maximum atomic E-state index is 12.7. The second-order valence-electron chi connectivity index (χ2n) is 5.65. The Morgan fingerprint density at radius 1 is 0.704 bits per heavy atom. The number of nitrogens with one attached hydrogen (secondary N) is 2. The minimum absolute atomic E-state index is 0.207. The molecule has 3 aromatic rings. The van der Waals surface area contributed by atoms with E-state index in [9.17, 15) is 8.42 Å². The van der Waals surface area contributed by atoms with E-state index in [0.717, 1.165) is 5.41 Å². The molecule has 0 bridgehead atoms. The zero-order chi connectivity index (χ0) is 19.3. The second kappa shape index (κ2) is 8.48. The van der Waals surface area contributed by atoms with Gasteiger partial charge in [-0.1, -0.05) is 41.4 Å². The van der Waals surface area contributed by atoms with Crippen molar-refractivity contribution >= 4 is 44.4 Å². The molecule has 0 aliphatic heterocycles. The molecule has 7 heteroatoms. The normalized spacial score (nSPS) is 10.9. The Morgan fingerprint density at radius 3 is 1.59 bits per heavy atom. The van der Waals surface area contributed by atoms with Gasteiger partial charge < -0.3 is 10.6 Å². The summed E-state index contributed by atoms with van der Waals surface area (Å²) in [5, 5.41) is 8.49. The maximum Gasteiger partial charge on any atom is 0.203 e. The summed E-state index contributed by atoms with van der Waals surface area (Å²) in [4.78, 5) is 0.207. The van der Waals surface area contributed by atoms with Crippen molar-refractivity contribution in [1.82, 2.24) is 0 Å². The average Bonchev–Trinajstić information content (AvgIpc) is 2.66. The largest absolute Gasteiger partial charge is 0.341 e. The SMILES string of the molecule is O=S(=O)(C=C(Nc1ccc(Cl)cc1)Nc1ccc(Cl)cc1)c1ccccc1. The van der Waals surface area contributed by atoms with Gasteiger partial charge in [-0.3, -0.25) is 0 Å². The average molecular weight is 419 g/mol. The Hall–Kier alpha value is -2.47. The molecule has 0 atom stereocenters. The van der Waals surface area contributed by atoms with Crippen LogP contribution in [0.4, 0.5) is 11.4 Å². The Morgan fingerprint density at radius 2 is 1.15 bits per heavy atom. The van der Waals surface area contributed by atoms with E-state index in [1.807, 2.05) is 0 Å². The summed E-state index contributed by atoms with van der Waals surface area (Å²) in [7, 11) is -3.66. The number of sulfone groups is 1. The van der Waals surface area contributed by atoms with Crippen LogP contribution in [0.25, 0.3) is 0 Å². The highest BCUT2D eigenvalue weighted by Crippen LogP contribution is 2.21. The molecule has 0 saturated heterocycles. The van der Waals surface area contributed by atoms with E-state index < -0.39 is 9.84 Å². The van der Waals surface area contributed by atoms with E-state index in [4.69, 9.17) is 23.2 Å². The molecule has 3 aromatic carbocycles. The van der Waals surface area contributed by atoms with Gasteiger partial charge in [-0.25, -0.2) is 8.42 Å². The van der Waals surface area contributed by atoms with Crippen LogP contribution in [0.5, 0.6) is 0 Å². The van der Waals surface area contributed by atoms with Crippen molar-refractivity contribution in [1.29, 1.82) is 0 Å². The third-order valence-corrected chi connectivity index (χ3v) is 5.57. The monoisotopic (exact) mass is 418 g/mol. The van der Waals surface area contributed by atoms with E-state index in [1.165, 1.54) is 0 Å². The Bertz CT molecular complexity index is 984. The van der Waals surface area contributed by atoms with Gasteiger partial charge in [-0.05, 0) is 60.7 Å². The van der Waals surface area contributed by atoms with Crippen LogP contribution in [0.3, 0.4) is 0 Å². The quantitative estimate of drug-likeness (QED) is 0.531. The summed E-state index contributed by atoms with van der Waals surface area (Å²) in [5.74, 6) is 0.295. The van der Waals surface area contributed by atoms with Crippen LogP contribution in [0.15, 0.2) is 95.0 Å². The molecule has 27 heavy (non-hydrogen) atoms. The van der Waals surface area contributed by atoms with Crippen molar-refractivity contribution in [2.24, 2.45) is 0 Å². The third kappa shape index (κ3) is 5.50. The summed E-state index contributed by atoms with van der Waals surface area (Å²) in [5.41, 5.74) is 1.38. The highest BCUT2D eigenvalue weighted by atomic mass is 35.5. The fourth-order valence-electron chi connectivity index (χ4n) is 2.30. The zero-order valence-electron chi connectivity index (χ0n) is 14.1. The number of hydrogen-bond donors (Lipinski definition) is 2. The van der Waals surface area contributed by atoms with E-state index in [2.05, 4.69) is 10.6 Å². The van der Waals surface area contributed by atoms with Gasteiger partial charge in [0, 0.05) is 21.4 Å². The molecule has 0 amide bonds. The molecule has 0 unspecified atom stereocenters. The fraction of sp³-hybridized carbons (Fsp3) is 0. The standard InChI is InChI=1S/C20H16Cl2N2O2S/c21-15-6-10-17(11-7-15)23-20(24-18-12-8-16(22)9-13-18)14-27(25,26)19-4-2-1-3-5-19/h1-14,23-24H. The van der Waals surface area contributed by atoms with Gasteiger partial charge >= 0.3 is 0 Å². The lowest BCUT2D eigenvalue weighted by Gasteiger charge is -2.14. The number of rotatable bonds is 6. The number of benzene rings is 3. The molecule has 0 aromatic heterocycles. The number of hydrogen-bond acceptors (Lipinski definition) is 4. The second-order valence-corrected chi connectivity index (χ2v) is 8.32. The van der Waals surface area contributed by atoms with Gasteiger partial charge in [0.15, 0.2) is 0 Å². The molecule has 0 aliphatic rings. The van der Waals surface area contributed by atoms with Crippen molar-refractivity contribution in [3.8, 4) is 0 Å². The van der Waals surface area contributed by atoms with Crippen molar-refractivity contribution in [2.45, 2.75) is 4.90 Å². The molecule has 0 radical (unpaired) electrons. The summed E-state index contributed by atoms with van der Waals surface area (Å²) >= 11 is 11.8. The zero-order valence-corrected chi connectivity index (χ0v) is 16.4. The van der Waals surface area contributed by atoms with Gasteiger partial charge in [-0.15, -0.1) is 0 Å². The number of halogens is 2. The van der Waals surface area contributed by atoms with E-state index in [1.54, 1.807) is 78.9 Å². The molecular weight excluding hydrogens is 403 g/mol. The lowest BCUT2D eigenvalue weighted by Crippen LogP contribution is -2.12. The minimum Gasteiger partial charge on any atom is -0.341 e. The van der Waals surface area contributed by atoms with Crippen molar-refractivity contribution in [2.75, 3.05) is 10.6 Å². The maximum absolute atomic E-state index is 12.7. The van der Waals surface area contributed by atoms with Gasteiger partial charge in [0.25, 0.3) is 0 Å². The van der Waals surface area contributed by atoms with Crippen LogP contribution in [0.2, 0.25) is 10.0 Å². The van der Waals surface area contributed by atoms with Crippen LogP contribution in [0, 0.1) is 0 Å². The Kier molecular flexibility index (Phi) is 6.06. The smallest absolute Gasteiger partial charge is 0.203 e. The van der Waals surface area contributed by atoms with E-state index >= 15 is 0 Å². The van der Waals surface area contributed by atoms with Gasteiger partial charge in [0.1, 0.15) is 5.82 Å². The number of anilines is 2. The third-order valence-electron chi connectivity index (χ3n) is 3.59. The van der Waals surface area contributed by atoms with Crippen molar-refractivity contribution in [3.63, 3.8) is 0 Å². The van der Waals surface area contributed by atoms with Gasteiger partial charge in [-0.2, -0.15) is 0 Å². The minimum atomic E-state index is -3.66. The summed E-state index contributed by atoms with van der Waals surface area (Å²) in [6.07, 6.45) is 0. The molecule has 4 nitrogen and oxygen atoms in total. The first-order chi connectivity index (χ1) is 12.9. The first-order valence-electron chi connectivity index (χ1n) is 7.99. The Balaban J connectivity index is 1.95. The highest BCUT2D eigenvalue weighted by Gasteiger charge is 2.13. The van der Waals surface area contributed by atoms with Crippen LogP contribution < -0.4 is 10.6 Å². The van der Waals surface area contributed by atoms with E-state index in [0.29, 0.717) is 27.2 Å². The fourth-order valence-corrected chi connectivity index (χ4v) is 3.65. The van der Waals surface area contributed by atoms with Crippen LogP contribution >= 0.6 is 23.2 Å². The summed E-state index contributed by atoms with van der Waals surface area (Å²) < 4.78 is 25.5. The van der Waals surface area contributed by atoms with E-state index in [-0.39, 0.29) is 4.90 Å². The molecule has 0 saturated carbocycles. The molecule has 2 N–H and O–H groups in total. The molecular formula is C20H16Cl2N2O2S. The highest BCUT2D eigenvalue weighted by molar-refractivity contribution is 7.94. The van der Waals surface area contributed by atoms with Gasteiger partial charge in [0.05, 0.1) is 10.3 Å². The Labute approximate surface area is 168 Å². The summed E-state index contributed by atoms with van der Waals surface area (Å²) in [6, 6.07) is 22.1. The molecule has 3 rings (SSSR count). The molecule has 0 aliphatic carbocycles. The van der Waals surface area contributed by atoms with Crippen LogP contribution in [0.1, 0.15) is 0 Å². The first kappa shape index (κ1) is 19.3.